The van der Waals surface area contributed by atoms with Gasteiger partial charge in [0.2, 0.25) is 0 Å². The van der Waals surface area contributed by atoms with E-state index in [1.807, 2.05) is 0 Å². The van der Waals surface area contributed by atoms with Crippen molar-refractivity contribution in [2.75, 3.05) is 18.9 Å². The summed E-state index contributed by atoms with van der Waals surface area (Å²) in [6, 6.07) is 9.32. The molecule has 2 rings (SSSR count). The van der Waals surface area contributed by atoms with Crippen LogP contribution in [-0.4, -0.2) is 33.5 Å². The molecule has 0 radical (unpaired) electrons. The number of amides is 1. The summed E-state index contributed by atoms with van der Waals surface area (Å²) in [5.41, 5.74) is 0.790. The maximum Gasteiger partial charge on any atom is 0.277 e. The molecule has 0 aliphatic rings. The molecule has 6 nitrogen and oxygen atoms in total. The number of benzene rings is 1. The van der Waals surface area contributed by atoms with Crippen LogP contribution in [0.2, 0.25) is 0 Å². The minimum absolute atomic E-state index is 0.238. The van der Waals surface area contributed by atoms with Gasteiger partial charge in [0.1, 0.15) is 4.21 Å². The third-order valence-corrected chi connectivity index (χ3v) is 5.48. The maximum absolute atomic E-state index is 12.0. The zero-order valence-corrected chi connectivity index (χ0v) is 13.1. The molecule has 2 aromatic rings. The number of thiophene rings is 1. The van der Waals surface area contributed by atoms with Gasteiger partial charge in [-0.05, 0) is 35.7 Å². The second-order valence-corrected chi connectivity index (χ2v) is 6.96. The SMILES string of the molecule is CON(C)C(=O)c1ccc(NS(=O)(=O)c2cccs2)cc1. The van der Waals surface area contributed by atoms with Gasteiger partial charge in [-0.15, -0.1) is 11.3 Å². The summed E-state index contributed by atoms with van der Waals surface area (Å²) < 4.78 is 26.8. The lowest BCUT2D eigenvalue weighted by atomic mass is 10.2. The van der Waals surface area contributed by atoms with E-state index >= 15 is 0 Å². The molecule has 0 saturated carbocycles. The number of hydroxylamine groups is 2. The van der Waals surface area contributed by atoms with Crippen molar-refractivity contribution in [2.24, 2.45) is 0 Å². The fourth-order valence-electron chi connectivity index (χ4n) is 1.57. The molecule has 0 aliphatic heterocycles. The van der Waals surface area contributed by atoms with Gasteiger partial charge in [-0.1, -0.05) is 6.07 Å². The molecule has 1 N–H and O–H groups in total. The van der Waals surface area contributed by atoms with Crippen molar-refractivity contribution in [3.63, 3.8) is 0 Å². The first-order chi connectivity index (χ1) is 9.94. The van der Waals surface area contributed by atoms with E-state index in [1.54, 1.807) is 11.4 Å². The standard InChI is InChI=1S/C13H14N2O4S2/c1-15(19-2)13(16)10-5-7-11(8-6-10)14-21(17,18)12-4-3-9-20-12/h3-9,14H,1-2H3. The van der Waals surface area contributed by atoms with Crippen LogP contribution < -0.4 is 4.72 Å². The summed E-state index contributed by atoms with van der Waals surface area (Å²) in [5.74, 6) is -0.315. The smallest absolute Gasteiger partial charge is 0.277 e. The molecule has 1 heterocycles. The van der Waals surface area contributed by atoms with E-state index in [1.165, 1.54) is 44.5 Å². The van der Waals surface area contributed by atoms with E-state index in [9.17, 15) is 13.2 Å². The predicted octanol–water partition coefficient (Wildman–Crippen LogP) is 2.18. The van der Waals surface area contributed by atoms with Crippen molar-refractivity contribution < 1.29 is 18.0 Å². The predicted molar refractivity (Wildman–Crippen MR) is 80.7 cm³/mol. The Balaban J connectivity index is 2.15. The highest BCUT2D eigenvalue weighted by Gasteiger charge is 2.16. The lowest BCUT2D eigenvalue weighted by Crippen LogP contribution is -2.25. The Kier molecular flexibility index (Phi) is 4.61. The number of nitrogens with one attached hydrogen (secondary N) is 1. The first-order valence-electron chi connectivity index (χ1n) is 5.92. The van der Waals surface area contributed by atoms with Crippen molar-refractivity contribution in [3.8, 4) is 0 Å². The normalized spacial score (nSPS) is 11.1. The van der Waals surface area contributed by atoms with E-state index in [0.29, 0.717) is 11.3 Å². The lowest BCUT2D eigenvalue weighted by molar-refractivity contribution is -0.0756. The second kappa shape index (κ2) is 6.25. The highest BCUT2D eigenvalue weighted by atomic mass is 32.2. The van der Waals surface area contributed by atoms with Crippen LogP contribution in [0.3, 0.4) is 0 Å². The molecule has 0 saturated heterocycles. The molecule has 1 aromatic heterocycles. The minimum Gasteiger partial charge on any atom is -0.279 e. The summed E-state index contributed by atoms with van der Waals surface area (Å²) in [5, 5.41) is 2.78. The molecule has 0 spiro atoms. The van der Waals surface area contributed by atoms with Gasteiger partial charge in [0.15, 0.2) is 0 Å². The molecule has 0 fully saturated rings. The Morgan fingerprint density at radius 3 is 2.43 bits per heavy atom. The molecule has 0 atom stereocenters. The Morgan fingerprint density at radius 1 is 1.24 bits per heavy atom. The molecule has 21 heavy (non-hydrogen) atoms. The fourth-order valence-corrected chi connectivity index (χ4v) is 3.62. The first-order valence-corrected chi connectivity index (χ1v) is 8.29. The number of sulfonamides is 1. The van der Waals surface area contributed by atoms with E-state index in [4.69, 9.17) is 4.84 Å². The van der Waals surface area contributed by atoms with Crippen LogP contribution in [0, 0.1) is 0 Å². The van der Waals surface area contributed by atoms with Crippen molar-refractivity contribution in [3.05, 3.63) is 47.3 Å². The first kappa shape index (κ1) is 15.5. The fraction of sp³-hybridized carbons (Fsp3) is 0.154. The zero-order valence-electron chi connectivity index (χ0n) is 11.4. The van der Waals surface area contributed by atoms with Crippen molar-refractivity contribution in [1.29, 1.82) is 0 Å². The largest absolute Gasteiger partial charge is 0.279 e. The van der Waals surface area contributed by atoms with Gasteiger partial charge < -0.3 is 0 Å². The number of hydrogen-bond donors (Lipinski definition) is 1. The second-order valence-electron chi connectivity index (χ2n) is 4.10. The molecular formula is C13H14N2O4S2. The zero-order chi connectivity index (χ0) is 15.5. The number of carbonyl (C=O) groups is 1. The third kappa shape index (κ3) is 3.60. The number of hydrogen-bond acceptors (Lipinski definition) is 5. The molecule has 112 valence electrons. The molecular weight excluding hydrogens is 312 g/mol. The topological polar surface area (TPSA) is 75.7 Å². The average Bonchev–Trinajstić information content (AvgIpc) is 3.01. The van der Waals surface area contributed by atoms with Crippen molar-refractivity contribution >= 4 is 33.0 Å². The van der Waals surface area contributed by atoms with Crippen LogP contribution in [0.15, 0.2) is 46.0 Å². The van der Waals surface area contributed by atoms with E-state index in [0.717, 1.165) is 16.4 Å². The molecule has 0 unspecified atom stereocenters. The van der Waals surface area contributed by atoms with Gasteiger partial charge in [0.25, 0.3) is 15.9 Å². The molecule has 1 amide bonds. The third-order valence-electron chi connectivity index (χ3n) is 2.70. The highest BCUT2D eigenvalue weighted by molar-refractivity contribution is 7.94. The lowest BCUT2D eigenvalue weighted by Gasteiger charge is -2.13. The number of carbonyl (C=O) groups excluding carboxylic acids is 1. The Labute approximate surface area is 127 Å². The Bertz CT molecular complexity index is 709. The minimum atomic E-state index is -3.58. The van der Waals surface area contributed by atoms with Crippen LogP contribution in [0.1, 0.15) is 10.4 Å². The van der Waals surface area contributed by atoms with Gasteiger partial charge in [-0.25, -0.2) is 13.5 Å². The number of rotatable bonds is 5. The van der Waals surface area contributed by atoms with Crippen LogP contribution in [0.4, 0.5) is 5.69 Å². The van der Waals surface area contributed by atoms with Crippen LogP contribution >= 0.6 is 11.3 Å². The summed E-state index contributed by atoms with van der Waals surface area (Å²) in [6.07, 6.45) is 0. The van der Waals surface area contributed by atoms with Crippen LogP contribution in [0.25, 0.3) is 0 Å². The molecule has 0 bridgehead atoms. The van der Waals surface area contributed by atoms with Crippen molar-refractivity contribution in [1.82, 2.24) is 5.06 Å². The summed E-state index contributed by atoms with van der Waals surface area (Å²) >= 11 is 1.14. The molecule has 8 heteroatoms. The number of nitrogens with zero attached hydrogens (tertiary/aromatic N) is 1. The summed E-state index contributed by atoms with van der Waals surface area (Å²) in [6.45, 7) is 0. The Hall–Kier alpha value is -1.90. The maximum atomic E-state index is 12.0. The summed E-state index contributed by atoms with van der Waals surface area (Å²) in [4.78, 5) is 16.6. The van der Waals surface area contributed by atoms with Gasteiger partial charge in [0, 0.05) is 18.3 Å². The van der Waals surface area contributed by atoms with Gasteiger partial charge in [-0.2, -0.15) is 0 Å². The monoisotopic (exact) mass is 326 g/mol. The molecule has 0 aliphatic carbocycles. The highest BCUT2D eigenvalue weighted by Crippen LogP contribution is 2.20. The molecule has 1 aromatic carbocycles. The van der Waals surface area contributed by atoms with E-state index in [-0.39, 0.29) is 10.1 Å². The summed E-state index contributed by atoms with van der Waals surface area (Å²) in [7, 11) is -0.690. The van der Waals surface area contributed by atoms with Gasteiger partial charge in [0.05, 0.1) is 7.11 Å². The van der Waals surface area contributed by atoms with E-state index < -0.39 is 10.0 Å². The van der Waals surface area contributed by atoms with Crippen LogP contribution in [0.5, 0.6) is 0 Å². The van der Waals surface area contributed by atoms with Gasteiger partial charge in [-0.3, -0.25) is 14.4 Å². The number of anilines is 1. The quantitative estimate of drug-likeness (QED) is 0.855. The van der Waals surface area contributed by atoms with Crippen molar-refractivity contribution in [2.45, 2.75) is 4.21 Å². The van der Waals surface area contributed by atoms with Crippen LogP contribution in [-0.2, 0) is 14.9 Å². The average molecular weight is 326 g/mol. The Morgan fingerprint density at radius 2 is 1.90 bits per heavy atom. The van der Waals surface area contributed by atoms with Gasteiger partial charge >= 0.3 is 0 Å². The van der Waals surface area contributed by atoms with E-state index in [2.05, 4.69) is 4.72 Å².